The lowest BCUT2D eigenvalue weighted by molar-refractivity contribution is 0.636. The van der Waals surface area contributed by atoms with E-state index in [9.17, 15) is 4.39 Å². The third kappa shape index (κ3) is 8.81. The molecule has 6 rings (SSSR count). The molecule has 278 valence electrons. The van der Waals surface area contributed by atoms with Gasteiger partial charge in [0.15, 0.2) is 0 Å². The van der Waals surface area contributed by atoms with Crippen LogP contribution in [0.25, 0.3) is 81.0 Å². The summed E-state index contributed by atoms with van der Waals surface area (Å²) in [5.41, 5.74) is 14.7. The minimum atomic E-state index is 0.500. The van der Waals surface area contributed by atoms with Crippen LogP contribution in [0.2, 0.25) is 0 Å². The first-order chi connectivity index (χ1) is 26.6. The first-order valence-electron chi connectivity index (χ1n) is 19.0. The monoisotopic (exact) mass is 716 g/mol. The number of hydrogen-bond donors (Lipinski definition) is 0. The molecular weight excluding hydrogens is 660 g/mol. The Labute approximate surface area is 324 Å². The fraction of sp³-hybridized carbons (Fsp3) is 0.176. The largest absolute Gasteiger partial charge is 0.309 e. The molecule has 2 heterocycles. The molecule has 0 spiro atoms. The Morgan fingerprint density at radius 3 is 1.48 bits per heavy atom. The van der Waals surface area contributed by atoms with Gasteiger partial charge in [-0.15, -0.1) is 0 Å². The molecule has 0 saturated heterocycles. The van der Waals surface area contributed by atoms with Crippen molar-refractivity contribution in [3.8, 4) is 33.6 Å². The average Bonchev–Trinajstić information content (AvgIpc) is 3.73. The second kappa shape index (κ2) is 21.6. The van der Waals surface area contributed by atoms with Gasteiger partial charge in [0.05, 0.1) is 29.8 Å². The van der Waals surface area contributed by atoms with Gasteiger partial charge in [-0.1, -0.05) is 151 Å². The molecule has 0 aliphatic rings. The first kappa shape index (κ1) is 42.5. The second-order valence-corrected chi connectivity index (χ2v) is 11.7. The maximum atomic E-state index is 9.50. The number of rotatable bonds is 11. The number of aromatic nitrogens is 2. The quantitative estimate of drug-likeness (QED) is 0.126. The van der Waals surface area contributed by atoms with Crippen LogP contribution in [0.5, 0.6) is 0 Å². The van der Waals surface area contributed by atoms with Gasteiger partial charge in [-0.3, -0.25) is 4.39 Å². The number of nitrogens with zero attached hydrogens (tertiary/aromatic N) is 2. The third-order valence-electron chi connectivity index (χ3n) is 8.83. The van der Waals surface area contributed by atoms with Crippen LogP contribution in [-0.2, 0) is 0 Å². The molecular formula is C51H57FN2. The number of halogens is 1. The van der Waals surface area contributed by atoms with Gasteiger partial charge in [0.25, 0.3) is 0 Å². The smallest absolute Gasteiger partial charge is 0.0785 e. The zero-order valence-electron chi connectivity index (χ0n) is 33.5. The van der Waals surface area contributed by atoms with E-state index in [0.29, 0.717) is 7.18 Å². The maximum Gasteiger partial charge on any atom is 0.0785 e. The van der Waals surface area contributed by atoms with Crippen LogP contribution in [0.1, 0.15) is 88.7 Å². The molecule has 0 amide bonds. The average molecular weight is 717 g/mol. The normalized spacial score (nSPS) is 10.8. The molecule has 0 radical (unpaired) electrons. The van der Waals surface area contributed by atoms with Crippen molar-refractivity contribution in [2.75, 3.05) is 7.18 Å². The Bertz CT molecular complexity index is 2200. The van der Waals surface area contributed by atoms with Gasteiger partial charge in [0.2, 0.25) is 0 Å². The van der Waals surface area contributed by atoms with Crippen molar-refractivity contribution in [1.29, 1.82) is 0 Å². The highest BCUT2D eigenvalue weighted by atomic mass is 19.1. The lowest BCUT2D eigenvalue weighted by Gasteiger charge is -2.13. The SMILES string of the molecule is C=Cc1c(/C=C\CC)c(C=C)n(-c2ccc(-c3ccc(-n4c(/C=C\C)c(C=C)c5cc(-c6ccccc6)ccc54)cc3)cc2)c1/C=C\C.CC.CC.CF. The summed E-state index contributed by atoms with van der Waals surface area (Å²) in [6, 6.07) is 34.9. The minimum Gasteiger partial charge on any atom is -0.309 e. The molecule has 0 atom stereocenters. The third-order valence-corrected chi connectivity index (χ3v) is 8.83. The number of alkyl halides is 1. The van der Waals surface area contributed by atoms with E-state index >= 15 is 0 Å². The molecule has 2 nitrogen and oxygen atoms in total. The highest BCUT2D eigenvalue weighted by Crippen LogP contribution is 2.36. The van der Waals surface area contributed by atoms with Crippen LogP contribution < -0.4 is 0 Å². The fourth-order valence-corrected chi connectivity index (χ4v) is 6.64. The molecule has 2 aromatic heterocycles. The van der Waals surface area contributed by atoms with Crippen LogP contribution in [0.4, 0.5) is 4.39 Å². The van der Waals surface area contributed by atoms with E-state index in [4.69, 9.17) is 0 Å². The van der Waals surface area contributed by atoms with E-state index in [1.807, 2.05) is 52.8 Å². The van der Waals surface area contributed by atoms with Crippen molar-refractivity contribution in [3.05, 3.63) is 169 Å². The van der Waals surface area contributed by atoms with Gasteiger partial charge in [0, 0.05) is 33.5 Å². The molecule has 0 unspecified atom stereocenters. The van der Waals surface area contributed by atoms with E-state index in [1.165, 1.54) is 16.5 Å². The summed E-state index contributed by atoms with van der Waals surface area (Å²) >= 11 is 0. The Morgan fingerprint density at radius 1 is 0.519 bits per heavy atom. The molecule has 0 aliphatic carbocycles. The van der Waals surface area contributed by atoms with E-state index in [2.05, 4.69) is 176 Å². The zero-order valence-corrected chi connectivity index (χ0v) is 33.5. The number of allylic oxidation sites excluding steroid dienone is 3. The summed E-state index contributed by atoms with van der Waals surface area (Å²) < 4.78 is 14.1. The molecule has 0 saturated carbocycles. The van der Waals surface area contributed by atoms with E-state index in [1.54, 1.807) is 0 Å². The summed E-state index contributed by atoms with van der Waals surface area (Å²) in [6.07, 6.45) is 19.7. The van der Waals surface area contributed by atoms with Gasteiger partial charge < -0.3 is 9.13 Å². The van der Waals surface area contributed by atoms with Crippen LogP contribution in [-0.4, -0.2) is 16.3 Å². The molecule has 54 heavy (non-hydrogen) atoms. The van der Waals surface area contributed by atoms with Gasteiger partial charge in [-0.2, -0.15) is 0 Å². The lowest BCUT2D eigenvalue weighted by Crippen LogP contribution is -2.00. The number of fused-ring (bicyclic) bond motifs is 1. The summed E-state index contributed by atoms with van der Waals surface area (Å²) in [4.78, 5) is 0. The molecule has 4 aromatic carbocycles. The van der Waals surface area contributed by atoms with Gasteiger partial charge in [0.1, 0.15) is 0 Å². The Kier molecular flexibility index (Phi) is 17.0. The molecule has 0 bridgehead atoms. The van der Waals surface area contributed by atoms with Crippen molar-refractivity contribution in [1.82, 2.24) is 9.13 Å². The number of benzene rings is 4. The van der Waals surface area contributed by atoms with Crippen molar-refractivity contribution in [3.63, 3.8) is 0 Å². The first-order valence-corrected chi connectivity index (χ1v) is 19.0. The molecule has 6 aromatic rings. The standard InChI is InChI=1S/C46H42N2.2C2H6.CH3F/c1-7-13-21-41-39(10-4)44(17-8-2)47(43(41)12-6)37-27-22-34(23-28-37)35-24-29-38(30-25-35)48-45(18-9-3)40(11-5)42-32-36(26-31-46(42)48)33-19-15-14-16-20-33;3*1-2/h8-32H,4-7H2,1-3H3;2*1-2H3;1H3/b17-8-,18-9-,21-13-;;;. The van der Waals surface area contributed by atoms with Crippen LogP contribution in [0.15, 0.2) is 135 Å². The van der Waals surface area contributed by atoms with Crippen molar-refractivity contribution >= 4 is 47.4 Å². The molecule has 3 heteroatoms. The van der Waals surface area contributed by atoms with E-state index in [0.717, 1.165) is 68.2 Å². The summed E-state index contributed by atoms with van der Waals surface area (Å²) in [5, 5.41) is 1.19. The highest BCUT2D eigenvalue weighted by Gasteiger charge is 2.18. The van der Waals surface area contributed by atoms with Crippen molar-refractivity contribution in [2.24, 2.45) is 0 Å². The predicted octanol–water partition coefficient (Wildman–Crippen LogP) is 15.8. The Balaban J connectivity index is 0.00000124. The highest BCUT2D eigenvalue weighted by molar-refractivity contribution is 5.97. The minimum absolute atomic E-state index is 0.500. The molecule has 0 aliphatic heterocycles. The van der Waals surface area contributed by atoms with Gasteiger partial charge in [-0.25, -0.2) is 0 Å². The lowest BCUT2D eigenvalue weighted by atomic mass is 10.0. The second-order valence-electron chi connectivity index (χ2n) is 11.7. The van der Waals surface area contributed by atoms with Crippen molar-refractivity contribution in [2.45, 2.75) is 54.9 Å². The fourth-order valence-electron chi connectivity index (χ4n) is 6.64. The van der Waals surface area contributed by atoms with Gasteiger partial charge in [-0.05, 0) is 97.1 Å². The topological polar surface area (TPSA) is 9.86 Å². The van der Waals surface area contributed by atoms with Crippen LogP contribution in [0, 0.1) is 0 Å². The Morgan fingerprint density at radius 2 is 1.00 bits per heavy atom. The molecule has 0 N–H and O–H groups in total. The predicted molar refractivity (Wildman–Crippen MR) is 242 cm³/mol. The van der Waals surface area contributed by atoms with E-state index < -0.39 is 0 Å². The van der Waals surface area contributed by atoms with E-state index in [-0.39, 0.29) is 0 Å². The summed E-state index contributed by atoms with van der Waals surface area (Å²) in [6.45, 7) is 26.8. The Hall–Kier alpha value is -5.93. The maximum absolute atomic E-state index is 9.50. The number of hydrogen-bond acceptors (Lipinski definition) is 0. The van der Waals surface area contributed by atoms with Gasteiger partial charge >= 0.3 is 0 Å². The van der Waals surface area contributed by atoms with Crippen LogP contribution in [0.3, 0.4) is 0 Å². The zero-order chi connectivity index (χ0) is 39.6. The van der Waals surface area contributed by atoms with Crippen molar-refractivity contribution < 1.29 is 4.39 Å². The molecule has 0 fully saturated rings. The summed E-state index contributed by atoms with van der Waals surface area (Å²) in [7, 11) is 0.500. The summed E-state index contributed by atoms with van der Waals surface area (Å²) in [5.74, 6) is 0. The van der Waals surface area contributed by atoms with Crippen LogP contribution >= 0.6 is 0 Å².